The van der Waals surface area contributed by atoms with Gasteiger partial charge in [-0.1, -0.05) is 13.3 Å². The highest BCUT2D eigenvalue weighted by atomic mass is 15.0. The van der Waals surface area contributed by atoms with Crippen LogP contribution in [0.1, 0.15) is 26.7 Å². The minimum Gasteiger partial charge on any atom is -0.315 e. The molecule has 0 aliphatic rings. The Kier molecular flexibility index (Phi) is 5.01. The summed E-state index contributed by atoms with van der Waals surface area (Å²) in [6.45, 7) is 4.97. The van der Waals surface area contributed by atoms with E-state index in [2.05, 4.69) is 12.2 Å². The van der Waals surface area contributed by atoms with Gasteiger partial charge in [-0.3, -0.25) is 0 Å². The zero-order chi connectivity index (χ0) is 6.41. The highest BCUT2D eigenvalue weighted by Gasteiger charge is 1.90. The topological polar surface area (TPSA) is 40.1 Å². The van der Waals surface area contributed by atoms with Crippen LogP contribution in [0.4, 0.5) is 0 Å². The van der Waals surface area contributed by atoms with Crippen LogP contribution >= 0.6 is 0 Å². The predicted octanol–water partition coefficient (Wildman–Crippen LogP) is 0.696. The van der Waals surface area contributed by atoms with E-state index in [1.807, 2.05) is 6.92 Å². The van der Waals surface area contributed by atoms with Crippen LogP contribution in [0.25, 0.3) is 0 Å². The van der Waals surface area contributed by atoms with Gasteiger partial charge < -0.3 is 5.73 Å². The molecule has 1 unspecified atom stereocenters. The molecule has 0 aromatic rings. The lowest BCUT2D eigenvalue weighted by molar-refractivity contribution is 0.537. The molecule has 2 heteroatoms. The molecule has 1 atom stereocenters. The average Bonchev–Trinajstić information content (AvgIpc) is 1.66. The van der Waals surface area contributed by atoms with Crippen molar-refractivity contribution in [2.45, 2.75) is 32.9 Å². The van der Waals surface area contributed by atoms with Crippen LogP contribution in [0.3, 0.4) is 0 Å². The van der Waals surface area contributed by atoms with Crippen molar-refractivity contribution in [1.29, 1.82) is 0 Å². The van der Waals surface area contributed by atoms with E-state index in [0.717, 1.165) is 6.54 Å². The van der Waals surface area contributed by atoms with Gasteiger partial charge in [0.25, 0.3) is 0 Å². The van der Waals surface area contributed by atoms with Crippen LogP contribution in [0.2, 0.25) is 0 Å². The normalized spacial score (nSPS) is 13.9. The first-order valence-corrected chi connectivity index (χ1v) is 3.19. The maximum Gasteiger partial charge on any atom is 0.0682 e. The molecule has 2 N–H and O–H groups in total. The van der Waals surface area contributed by atoms with Gasteiger partial charge in [-0.05, 0) is 13.3 Å². The van der Waals surface area contributed by atoms with Crippen LogP contribution in [-0.2, 0) is 0 Å². The quantitative estimate of drug-likeness (QED) is 0.538. The molecule has 0 heterocycles. The van der Waals surface area contributed by atoms with Crippen molar-refractivity contribution >= 4 is 0 Å². The Labute approximate surface area is 51.5 Å². The van der Waals surface area contributed by atoms with Crippen molar-refractivity contribution in [3.05, 3.63) is 0 Å². The average molecular weight is 115 g/mol. The molecule has 0 bridgehead atoms. The standard InChI is InChI=1S/C6H15N2/c1-3-4-5-8-6(2)7/h6H,3-5,7H2,1-2H3. The lowest BCUT2D eigenvalue weighted by Crippen LogP contribution is -2.28. The van der Waals surface area contributed by atoms with E-state index < -0.39 is 0 Å². The molecule has 0 spiro atoms. The Hall–Kier alpha value is -0.0800. The molecule has 0 saturated heterocycles. The van der Waals surface area contributed by atoms with Crippen LogP contribution < -0.4 is 11.1 Å². The Morgan fingerprint density at radius 3 is 2.62 bits per heavy atom. The first-order valence-electron chi connectivity index (χ1n) is 3.19. The molecule has 0 aromatic heterocycles. The summed E-state index contributed by atoms with van der Waals surface area (Å²) in [5.41, 5.74) is 5.37. The van der Waals surface area contributed by atoms with Crippen molar-refractivity contribution in [3.8, 4) is 0 Å². The highest BCUT2D eigenvalue weighted by Crippen LogP contribution is 1.83. The fourth-order valence-electron chi connectivity index (χ4n) is 0.453. The molecular formula is C6H15N2. The molecule has 8 heavy (non-hydrogen) atoms. The number of hydrogen-bond acceptors (Lipinski definition) is 1. The third-order valence-electron chi connectivity index (χ3n) is 0.929. The number of hydrogen-bond donors (Lipinski definition) is 1. The van der Waals surface area contributed by atoms with Gasteiger partial charge in [-0.25, -0.2) is 5.32 Å². The lowest BCUT2D eigenvalue weighted by Gasteiger charge is -2.02. The smallest absolute Gasteiger partial charge is 0.0682 e. The second-order valence-electron chi connectivity index (χ2n) is 2.00. The van der Waals surface area contributed by atoms with Crippen LogP contribution in [-0.4, -0.2) is 12.7 Å². The third-order valence-corrected chi connectivity index (χ3v) is 0.929. The number of nitrogens with two attached hydrogens (primary N) is 1. The first-order chi connectivity index (χ1) is 3.77. The monoisotopic (exact) mass is 115 g/mol. The summed E-state index contributed by atoms with van der Waals surface area (Å²) in [5.74, 6) is 0. The second-order valence-corrected chi connectivity index (χ2v) is 2.00. The molecule has 0 aromatic carbocycles. The van der Waals surface area contributed by atoms with Crippen molar-refractivity contribution in [2.75, 3.05) is 6.54 Å². The van der Waals surface area contributed by atoms with Gasteiger partial charge in [0.1, 0.15) is 0 Å². The van der Waals surface area contributed by atoms with E-state index in [0.29, 0.717) is 0 Å². The number of unbranched alkanes of at least 4 members (excludes halogenated alkanes) is 1. The molecule has 0 aliphatic heterocycles. The van der Waals surface area contributed by atoms with E-state index in [9.17, 15) is 0 Å². The van der Waals surface area contributed by atoms with Crippen LogP contribution in [0, 0.1) is 0 Å². The molecule has 0 aliphatic carbocycles. The Balaban J connectivity index is 2.72. The predicted molar refractivity (Wildman–Crippen MR) is 35.6 cm³/mol. The zero-order valence-corrected chi connectivity index (χ0v) is 5.72. The van der Waals surface area contributed by atoms with Crippen molar-refractivity contribution in [2.24, 2.45) is 5.73 Å². The molecule has 1 radical (unpaired) electrons. The van der Waals surface area contributed by atoms with Gasteiger partial charge in [0.2, 0.25) is 0 Å². The number of rotatable bonds is 4. The molecule has 0 saturated carbocycles. The Morgan fingerprint density at radius 2 is 2.25 bits per heavy atom. The van der Waals surface area contributed by atoms with Crippen molar-refractivity contribution in [1.82, 2.24) is 5.32 Å². The summed E-state index contributed by atoms with van der Waals surface area (Å²) in [6.07, 6.45) is 2.40. The molecule has 0 rings (SSSR count). The van der Waals surface area contributed by atoms with Crippen molar-refractivity contribution < 1.29 is 0 Å². The molecule has 0 fully saturated rings. The summed E-state index contributed by atoms with van der Waals surface area (Å²) in [4.78, 5) is 0. The van der Waals surface area contributed by atoms with Crippen LogP contribution in [0.5, 0.6) is 0 Å². The largest absolute Gasteiger partial charge is 0.315 e. The second kappa shape index (κ2) is 5.06. The Bertz CT molecular complexity index is 43.8. The summed E-state index contributed by atoms with van der Waals surface area (Å²) in [6, 6.07) is 0. The van der Waals surface area contributed by atoms with Crippen molar-refractivity contribution in [3.63, 3.8) is 0 Å². The molecule has 2 nitrogen and oxygen atoms in total. The fourth-order valence-corrected chi connectivity index (χ4v) is 0.453. The first kappa shape index (κ1) is 7.92. The van der Waals surface area contributed by atoms with E-state index in [1.54, 1.807) is 0 Å². The highest BCUT2D eigenvalue weighted by molar-refractivity contribution is 4.48. The van der Waals surface area contributed by atoms with Gasteiger partial charge in [-0.15, -0.1) is 0 Å². The molecule has 49 valence electrons. The van der Waals surface area contributed by atoms with E-state index in [-0.39, 0.29) is 6.17 Å². The molecule has 0 amide bonds. The Morgan fingerprint density at radius 1 is 1.62 bits per heavy atom. The number of nitrogens with zero attached hydrogens (tertiary/aromatic N) is 1. The zero-order valence-electron chi connectivity index (χ0n) is 5.72. The van der Waals surface area contributed by atoms with E-state index in [4.69, 9.17) is 5.73 Å². The summed E-state index contributed by atoms with van der Waals surface area (Å²) in [7, 11) is 0. The maximum atomic E-state index is 5.37. The maximum absolute atomic E-state index is 5.37. The SMILES string of the molecule is CCCC[N]C(C)N. The lowest BCUT2D eigenvalue weighted by atomic mass is 10.3. The summed E-state index contributed by atoms with van der Waals surface area (Å²) in [5, 5.41) is 4.09. The van der Waals surface area contributed by atoms with E-state index in [1.165, 1.54) is 12.8 Å². The van der Waals surface area contributed by atoms with Gasteiger partial charge in [0.05, 0.1) is 6.17 Å². The minimum absolute atomic E-state index is 0.0292. The molecular weight excluding hydrogens is 100 g/mol. The fraction of sp³-hybridized carbons (Fsp3) is 1.00. The van der Waals surface area contributed by atoms with Gasteiger partial charge >= 0.3 is 0 Å². The van der Waals surface area contributed by atoms with Crippen LogP contribution in [0.15, 0.2) is 0 Å². The summed E-state index contributed by atoms with van der Waals surface area (Å²) < 4.78 is 0. The third kappa shape index (κ3) is 5.92. The van der Waals surface area contributed by atoms with Gasteiger partial charge in [0.15, 0.2) is 0 Å². The van der Waals surface area contributed by atoms with Gasteiger partial charge in [-0.2, -0.15) is 0 Å². The summed E-state index contributed by atoms with van der Waals surface area (Å²) >= 11 is 0. The minimum atomic E-state index is 0.0292. The van der Waals surface area contributed by atoms with Gasteiger partial charge in [0, 0.05) is 6.54 Å². The van der Waals surface area contributed by atoms with E-state index >= 15 is 0 Å².